The van der Waals surface area contributed by atoms with E-state index in [4.69, 9.17) is 5.11 Å². The number of anilines is 1. The zero-order chi connectivity index (χ0) is 15.9. The molecule has 0 saturated carbocycles. The first-order valence-corrected chi connectivity index (χ1v) is 8.16. The minimum atomic E-state index is -0.255. The highest BCUT2D eigenvalue weighted by atomic mass is 32.1. The van der Waals surface area contributed by atoms with Gasteiger partial charge in [-0.1, -0.05) is 13.8 Å². The first kappa shape index (κ1) is 16.5. The second kappa shape index (κ2) is 7.91. The lowest BCUT2D eigenvalue weighted by Gasteiger charge is -2.21. The van der Waals surface area contributed by atoms with Crippen LogP contribution < -0.4 is 10.6 Å². The second-order valence-electron chi connectivity index (χ2n) is 5.38. The fourth-order valence-corrected chi connectivity index (χ4v) is 2.75. The number of aromatic nitrogens is 1. The lowest BCUT2D eigenvalue weighted by Crippen LogP contribution is -2.41. The molecule has 1 aromatic heterocycles. The van der Waals surface area contributed by atoms with Gasteiger partial charge in [-0.3, -0.25) is 0 Å². The topological polar surface area (TPSA) is 74.2 Å². The lowest BCUT2D eigenvalue weighted by atomic mass is 10.0. The number of nitrogens with one attached hydrogen (secondary N) is 2. The van der Waals surface area contributed by atoms with Gasteiger partial charge < -0.3 is 15.7 Å². The van der Waals surface area contributed by atoms with E-state index in [0.717, 1.165) is 16.3 Å². The number of nitrogens with zero attached hydrogens (tertiary/aromatic N) is 1. The molecule has 1 atom stereocenters. The summed E-state index contributed by atoms with van der Waals surface area (Å²) in [6, 6.07) is 7.28. The highest BCUT2D eigenvalue weighted by Gasteiger charge is 2.15. The average molecular weight is 319 g/mol. The van der Waals surface area contributed by atoms with E-state index in [9.17, 15) is 4.79 Å². The number of urea groups is 1. The predicted molar refractivity (Wildman–Crippen MR) is 90.0 cm³/mol. The van der Waals surface area contributed by atoms with E-state index in [1.807, 2.05) is 43.5 Å². The van der Waals surface area contributed by atoms with E-state index < -0.39 is 0 Å². The van der Waals surface area contributed by atoms with Gasteiger partial charge in [0.2, 0.25) is 0 Å². The van der Waals surface area contributed by atoms with Crippen LogP contribution >= 0.6 is 11.3 Å². The van der Waals surface area contributed by atoms with Crippen LogP contribution in [0.2, 0.25) is 0 Å². The van der Waals surface area contributed by atoms with Gasteiger partial charge in [0.15, 0.2) is 0 Å². The van der Waals surface area contributed by atoms with Crippen molar-refractivity contribution in [2.24, 2.45) is 5.92 Å². The minimum absolute atomic E-state index is 0.0420. The van der Waals surface area contributed by atoms with E-state index in [1.54, 1.807) is 17.5 Å². The number of thiazole rings is 1. The van der Waals surface area contributed by atoms with Crippen molar-refractivity contribution < 1.29 is 9.90 Å². The first-order valence-electron chi connectivity index (χ1n) is 7.28. The number of hydrogen-bond acceptors (Lipinski definition) is 4. The minimum Gasteiger partial charge on any atom is -0.396 e. The summed E-state index contributed by atoms with van der Waals surface area (Å²) in [5, 5.41) is 17.6. The maximum atomic E-state index is 12.0. The maximum absolute atomic E-state index is 12.0. The van der Waals surface area contributed by atoms with E-state index in [0.29, 0.717) is 6.42 Å². The largest absolute Gasteiger partial charge is 0.396 e. The molecule has 1 aromatic carbocycles. The molecule has 118 valence electrons. The summed E-state index contributed by atoms with van der Waals surface area (Å²) in [7, 11) is 0. The van der Waals surface area contributed by atoms with Gasteiger partial charge in [0.25, 0.3) is 0 Å². The van der Waals surface area contributed by atoms with Crippen molar-refractivity contribution >= 4 is 23.1 Å². The first-order chi connectivity index (χ1) is 10.6. The van der Waals surface area contributed by atoms with Gasteiger partial charge >= 0.3 is 6.03 Å². The molecule has 2 aromatic rings. The van der Waals surface area contributed by atoms with Crippen molar-refractivity contribution in [3.63, 3.8) is 0 Å². The van der Waals surface area contributed by atoms with Crippen molar-refractivity contribution in [3.05, 3.63) is 35.8 Å². The Hall–Kier alpha value is -1.92. The van der Waals surface area contributed by atoms with Crippen molar-refractivity contribution in [2.75, 3.05) is 11.9 Å². The summed E-state index contributed by atoms with van der Waals surface area (Å²) in [5.41, 5.74) is 1.76. The predicted octanol–water partition coefficient (Wildman–Crippen LogP) is 3.34. The smallest absolute Gasteiger partial charge is 0.319 e. The molecule has 0 spiro atoms. The molecule has 0 radical (unpaired) electrons. The molecule has 0 aliphatic rings. The van der Waals surface area contributed by atoms with Gasteiger partial charge in [0.05, 0.1) is 0 Å². The second-order valence-corrected chi connectivity index (χ2v) is 6.27. The zero-order valence-corrected chi connectivity index (χ0v) is 13.6. The molecule has 0 bridgehead atoms. The molecule has 5 nitrogen and oxygen atoms in total. The fourth-order valence-electron chi connectivity index (χ4n) is 2.11. The lowest BCUT2D eigenvalue weighted by molar-refractivity contribution is 0.227. The summed E-state index contributed by atoms with van der Waals surface area (Å²) in [6.45, 7) is 4.10. The third-order valence-electron chi connectivity index (χ3n) is 3.38. The van der Waals surface area contributed by atoms with Crippen molar-refractivity contribution in [1.82, 2.24) is 10.3 Å². The van der Waals surface area contributed by atoms with Crippen molar-refractivity contribution in [2.45, 2.75) is 26.3 Å². The summed E-state index contributed by atoms with van der Waals surface area (Å²) in [5.74, 6) is 0.269. The maximum Gasteiger partial charge on any atom is 0.319 e. The van der Waals surface area contributed by atoms with Gasteiger partial charge in [-0.15, -0.1) is 11.3 Å². The Labute approximate surface area is 134 Å². The summed E-state index contributed by atoms with van der Waals surface area (Å²) in [6.07, 6.45) is 2.32. The molecule has 2 amide bonds. The van der Waals surface area contributed by atoms with Crippen molar-refractivity contribution in [3.8, 4) is 10.6 Å². The molecule has 6 heteroatoms. The molecular weight excluding hydrogens is 298 g/mol. The Morgan fingerprint density at radius 3 is 2.59 bits per heavy atom. The number of hydrogen-bond donors (Lipinski definition) is 3. The highest BCUT2D eigenvalue weighted by Crippen LogP contribution is 2.23. The number of rotatable bonds is 6. The van der Waals surface area contributed by atoms with E-state index in [2.05, 4.69) is 15.6 Å². The third kappa shape index (κ3) is 4.54. The Kier molecular flexibility index (Phi) is 5.91. The molecule has 1 unspecified atom stereocenters. The molecule has 2 rings (SSSR count). The van der Waals surface area contributed by atoms with Gasteiger partial charge in [-0.25, -0.2) is 9.78 Å². The monoisotopic (exact) mass is 319 g/mol. The highest BCUT2D eigenvalue weighted by molar-refractivity contribution is 7.13. The summed E-state index contributed by atoms with van der Waals surface area (Å²) >= 11 is 1.58. The standard InChI is InChI=1S/C16H21N3O2S/c1-11(2)14(7-9-20)19-16(21)18-13-5-3-12(4-6-13)15-17-8-10-22-15/h3-6,8,10-11,14,20H,7,9H2,1-2H3,(H2,18,19,21). The van der Waals surface area contributed by atoms with Gasteiger partial charge in [0, 0.05) is 35.5 Å². The number of benzene rings is 1. The van der Waals surface area contributed by atoms with Crippen molar-refractivity contribution in [1.29, 1.82) is 0 Å². The third-order valence-corrected chi connectivity index (χ3v) is 4.21. The number of aliphatic hydroxyl groups excluding tert-OH is 1. The van der Waals surface area contributed by atoms with Crippen LogP contribution in [0.4, 0.5) is 10.5 Å². The van der Waals surface area contributed by atoms with Crippen LogP contribution in [0, 0.1) is 5.92 Å². The number of aliphatic hydroxyl groups is 1. The van der Waals surface area contributed by atoms with Crippen LogP contribution in [-0.4, -0.2) is 28.8 Å². The Bertz CT molecular complexity index is 582. The van der Waals surface area contributed by atoms with Crippen LogP contribution in [0.5, 0.6) is 0 Å². The van der Waals surface area contributed by atoms with E-state index >= 15 is 0 Å². The average Bonchev–Trinajstić information content (AvgIpc) is 3.01. The molecule has 3 N–H and O–H groups in total. The molecular formula is C16H21N3O2S. The van der Waals surface area contributed by atoms with E-state index in [1.165, 1.54) is 0 Å². The van der Waals surface area contributed by atoms with Crippen LogP contribution in [0.3, 0.4) is 0 Å². The molecule has 22 heavy (non-hydrogen) atoms. The molecule has 0 aliphatic carbocycles. The Morgan fingerprint density at radius 2 is 2.05 bits per heavy atom. The normalized spacial score (nSPS) is 12.2. The summed E-state index contributed by atoms with van der Waals surface area (Å²) < 4.78 is 0. The SMILES string of the molecule is CC(C)C(CCO)NC(=O)Nc1ccc(-c2nccs2)cc1. The summed E-state index contributed by atoms with van der Waals surface area (Å²) in [4.78, 5) is 16.3. The molecule has 0 fully saturated rings. The van der Waals surface area contributed by atoms with E-state index in [-0.39, 0.29) is 24.6 Å². The fraction of sp³-hybridized carbons (Fsp3) is 0.375. The molecule has 0 aliphatic heterocycles. The zero-order valence-electron chi connectivity index (χ0n) is 12.7. The van der Waals surface area contributed by atoms with Gasteiger partial charge in [0.1, 0.15) is 5.01 Å². The number of carbonyl (C=O) groups excluding carboxylic acids is 1. The van der Waals surface area contributed by atoms with Crippen LogP contribution in [0.15, 0.2) is 35.8 Å². The quantitative estimate of drug-likeness (QED) is 0.764. The Balaban J connectivity index is 1.94. The number of amides is 2. The van der Waals surface area contributed by atoms with Gasteiger partial charge in [-0.2, -0.15) is 0 Å². The van der Waals surface area contributed by atoms with Gasteiger partial charge in [-0.05, 0) is 36.6 Å². The molecule has 1 heterocycles. The molecule has 0 saturated heterocycles. The van der Waals surface area contributed by atoms with Crippen LogP contribution in [-0.2, 0) is 0 Å². The van der Waals surface area contributed by atoms with Crippen LogP contribution in [0.25, 0.3) is 10.6 Å². The van der Waals surface area contributed by atoms with Crippen LogP contribution in [0.1, 0.15) is 20.3 Å². The number of carbonyl (C=O) groups is 1. The Morgan fingerprint density at radius 1 is 1.32 bits per heavy atom.